The van der Waals surface area contributed by atoms with Crippen LogP contribution in [-0.2, 0) is 6.54 Å². The number of nitrogens with zero attached hydrogens (tertiary/aromatic N) is 3. The van der Waals surface area contributed by atoms with Gasteiger partial charge in [-0.15, -0.1) is 0 Å². The van der Waals surface area contributed by atoms with Crippen molar-refractivity contribution in [3.63, 3.8) is 0 Å². The molecular formula is C19H31N5O2. The van der Waals surface area contributed by atoms with Gasteiger partial charge < -0.3 is 25.3 Å². The number of amides is 1. The quantitative estimate of drug-likeness (QED) is 0.594. The summed E-state index contributed by atoms with van der Waals surface area (Å²) in [7, 11) is 0. The molecule has 1 aromatic heterocycles. The van der Waals surface area contributed by atoms with Gasteiger partial charge in [-0.1, -0.05) is 6.42 Å². The summed E-state index contributed by atoms with van der Waals surface area (Å²) in [5.41, 5.74) is 5.23. The maximum Gasteiger partial charge on any atom is 0.284 e. The van der Waals surface area contributed by atoms with Crippen LogP contribution in [0.4, 0.5) is 0 Å². The van der Waals surface area contributed by atoms with Crippen LogP contribution in [0.2, 0.25) is 0 Å². The number of carbonyl (C=O) groups is 1. The van der Waals surface area contributed by atoms with Crippen molar-refractivity contribution in [1.29, 1.82) is 0 Å². The van der Waals surface area contributed by atoms with Gasteiger partial charge in [0.15, 0.2) is 11.7 Å². The first-order chi connectivity index (χ1) is 12.7. The molecule has 2 fully saturated rings. The van der Waals surface area contributed by atoms with Crippen LogP contribution in [-0.4, -0.2) is 60.9 Å². The molecule has 0 saturated carbocycles. The number of furan rings is 1. The van der Waals surface area contributed by atoms with Crippen molar-refractivity contribution in [3.05, 3.63) is 23.7 Å². The van der Waals surface area contributed by atoms with Crippen molar-refractivity contribution in [3.8, 4) is 0 Å². The molecule has 2 saturated heterocycles. The van der Waals surface area contributed by atoms with Crippen LogP contribution in [0, 0.1) is 5.92 Å². The molecule has 1 unspecified atom stereocenters. The predicted molar refractivity (Wildman–Crippen MR) is 102 cm³/mol. The van der Waals surface area contributed by atoms with E-state index in [1.54, 1.807) is 12.1 Å². The van der Waals surface area contributed by atoms with E-state index in [1.165, 1.54) is 45.3 Å². The maximum atomic E-state index is 11.1. The Labute approximate surface area is 155 Å². The van der Waals surface area contributed by atoms with Gasteiger partial charge in [-0.3, -0.25) is 4.79 Å². The van der Waals surface area contributed by atoms with Crippen LogP contribution >= 0.6 is 0 Å². The third kappa shape index (κ3) is 5.00. The van der Waals surface area contributed by atoms with Crippen LogP contribution in [0.15, 0.2) is 21.5 Å². The molecule has 3 rings (SSSR count). The van der Waals surface area contributed by atoms with E-state index in [9.17, 15) is 4.79 Å². The van der Waals surface area contributed by atoms with Gasteiger partial charge in [-0.05, 0) is 57.3 Å². The second-order valence-corrected chi connectivity index (χ2v) is 7.26. The van der Waals surface area contributed by atoms with Crippen LogP contribution in [0.3, 0.4) is 0 Å². The number of carbonyl (C=O) groups excluding carboxylic acids is 1. The van der Waals surface area contributed by atoms with Gasteiger partial charge in [0.25, 0.3) is 5.91 Å². The largest absolute Gasteiger partial charge is 0.454 e. The van der Waals surface area contributed by atoms with Gasteiger partial charge in [0, 0.05) is 26.2 Å². The molecule has 1 atom stereocenters. The van der Waals surface area contributed by atoms with E-state index in [4.69, 9.17) is 15.1 Å². The minimum absolute atomic E-state index is 0.183. The summed E-state index contributed by atoms with van der Waals surface area (Å²) in [5, 5.41) is 3.38. The molecular weight excluding hydrogens is 330 g/mol. The minimum Gasteiger partial charge on any atom is -0.454 e. The fourth-order valence-electron chi connectivity index (χ4n) is 3.86. The fourth-order valence-corrected chi connectivity index (χ4v) is 3.86. The second-order valence-electron chi connectivity index (χ2n) is 7.26. The second kappa shape index (κ2) is 9.07. The Morgan fingerprint density at radius 2 is 2.12 bits per heavy atom. The van der Waals surface area contributed by atoms with Crippen LogP contribution in [0.25, 0.3) is 0 Å². The number of hydrogen-bond acceptors (Lipinski definition) is 4. The number of guanidine groups is 1. The maximum absolute atomic E-state index is 11.1. The molecule has 3 heterocycles. The molecule has 2 aliphatic heterocycles. The van der Waals surface area contributed by atoms with Gasteiger partial charge in [-0.25, -0.2) is 4.99 Å². The van der Waals surface area contributed by atoms with E-state index in [-0.39, 0.29) is 5.76 Å². The van der Waals surface area contributed by atoms with Crippen molar-refractivity contribution < 1.29 is 9.21 Å². The van der Waals surface area contributed by atoms with Crippen LogP contribution in [0.5, 0.6) is 0 Å². The van der Waals surface area contributed by atoms with Crippen molar-refractivity contribution in [2.75, 3.05) is 39.3 Å². The van der Waals surface area contributed by atoms with E-state index in [1.807, 2.05) is 0 Å². The highest BCUT2D eigenvalue weighted by atomic mass is 16.3. The lowest BCUT2D eigenvalue weighted by molar-refractivity contribution is 0.0972. The topological polar surface area (TPSA) is 87.1 Å². The summed E-state index contributed by atoms with van der Waals surface area (Å²) in [6, 6.07) is 3.36. The number of piperidine rings is 1. The number of primary amides is 1. The average molecular weight is 361 g/mol. The Balaban J connectivity index is 1.55. The number of nitrogens with one attached hydrogen (secondary N) is 1. The molecule has 1 aromatic rings. The Bertz CT molecular complexity index is 621. The van der Waals surface area contributed by atoms with E-state index in [2.05, 4.69) is 22.0 Å². The summed E-state index contributed by atoms with van der Waals surface area (Å²) in [4.78, 5) is 20.8. The van der Waals surface area contributed by atoms with E-state index in [0.29, 0.717) is 18.2 Å². The molecule has 26 heavy (non-hydrogen) atoms. The number of hydrogen-bond donors (Lipinski definition) is 2. The van der Waals surface area contributed by atoms with Crippen molar-refractivity contribution in [2.24, 2.45) is 16.6 Å². The zero-order valence-electron chi connectivity index (χ0n) is 15.7. The molecule has 0 aliphatic carbocycles. The van der Waals surface area contributed by atoms with Gasteiger partial charge in [0.05, 0.1) is 0 Å². The van der Waals surface area contributed by atoms with Crippen LogP contribution in [0.1, 0.15) is 48.9 Å². The van der Waals surface area contributed by atoms with Gasteiger partial charge in [0.2, 0.25) is 0 Å². The highest BCUT2D eigenvalue weighted by Gasteiger charge is 2.27. The lowest BCUT2D eigenvalue weighted by atomic mass is 10.1. The summed E-state index contributed by atoms with van der Waals surface area (Å²) in [6.45, 7) is 9.11. The lowest BCUT2D eigenvalue weighted by Crippen LogP contribution is -2.41. The zero-order chi connectivity index (χ0) is 18.4. The third-order valence-corrected chi connectivity index (χ3v) is 5.17. The van der Waals surface area contributed by atoms with Gasteiger partial charge in [-0.2, -0.15) is 0 Å². The Kier molecular flexibility index (Phi) is 6.55. The third-order valence-electron chi connectivity index (χ3n) is 5.17. The number of likely N-dealkylation sites (tertiary alicyclic amines) is 2. The van der Waals surface area contributed by atoms with Gasteiger partial charge in [0.1, 0.15) is 12.3 Å². The summed E-state index contributed by atoms with van der Waals surface area (Å²) < 4.78 is 5.42. The first-order valence-corrected chi connectivity index (χ1v) is 9.80. The molecule has 0 radical (unpaired) electrons. The lowest BCUT2D eigenvalue weighted by Gasteiger charge is -2.29. The summed E-state index contributed by atoms with van der Waals surface area (Å²) >= 11 is 0. The molecule has 3 N–H and O–H groups in total. The number of aliphatic imine (C=N–C) groups is 1. The summed E-state index contributed by atoms with van der Waals surface area (Å²) in [6.07, 6.45) is 5.29. The Hall–Kier alpha value is -2.02. The molecule has 144 valence electrons. The Morgan fingerprint density at radius 3 is 2.81 bits per heavy atom. The molecule has 7 nitrogen and oxygen atoms in total. The van der Waals surface area contributed by atoms with E-state index < -0.39 is 5.91 Å². The number of nitrogens with two attached hydrogens (primary N) is 1. The standard InChI is InChI=1S/C19H31N5O2/c1-2-21-19(22-12-16-6-7-17(26-16)18(20)25)24-11-8-15(14-24)13-23-9-4-3-5-10-23/h6-7,15H,2-5,8-14H2,1H3,(H2,20,25)(H,21,22). The molecule has 0 aromatic carbocycles. The van der Waals surface area contributed by atoms with Crippen molar-refractivity contribution in [1.82, 2.24) is 15.1 Å². The SMILES string of the molecule is CCNC(=NCc1ccc(C(N)=O)o1)N1CCC(CN2CCCCC2)C1. The molecule has 0 spiro atoms. The molecule has 7 heteroatoms. The number of rotatable bonds is 6. The fraction of sp³-hybridized carbons (Fsp3) is 0.684. The minimum atomic E-state index is -0.549. The van der Waals surface area contributed by atoms with Crippen molar-refractivity contribution in [2.45, 2.75) is 39.2 Å². The molecule has 0 bridgehead atoms. The molecule has 1 amide bonds. The predicted octanol–water partition coefficient (Wildman–Crippen LogP) is 1.65. The average Bonchev–Trinajstić information content (AvgIpc) is 3.29. The normalized spacial score (nSPS) is 22.0. The molecule has 2 aliphatic rings. The summed E-state index contributed by atoms with van der Waals surface area (Å²) in [5.74, 6) is 1.92. The van der Waals surface area contributed by atoms with Gasteiger partial charge >= 0.3 is 0 Å². The van der Waals surface area contributed by atoms with E-state index >= 15 is 0 Å². The van der Waals surface area contributed by atoms with Crippen LogP contribution < -0.4 is 11.1 Å². The Morgan fingerprint density at radius 1 is 1.31 bits per heavy atom. The highest BCUT2D eigenvalue weighted by molar-refractivity contribution is 5.89. The zero-order valence-corrected chi connectivity index (χ0v) is 15.7. The first kappa shape index (κ1) is 18.8. The smallest absolute Gasteiger partial charge is 0.284 e. The highest BCUT2D eigenvalue weighted by Crippen LogP contribution is 2.20. The van der Waals surface area contributed by atoms with Crippen molar-refractivity contribution >= 4 is 11.9 Å². The first-order valence-electron chi connectivity index (χ1n) is 9.80. The monoisotopic (exact) mass is 361 g/mol. The van der Waals surface area contributed by atoms with E-state index in [0.717, 1.165) is 25.6 Å².